The average Bonchev–Trinajstić information content (AvgIpc) is 3.18. The molecule has 3 rings (SSSR count). The van der Waals surface area contributed by atoms with Gasteiger partial charge in [-0.1, -0.05) is 22.8 Å². The Morgan fingerprint density at radius 3 is 2.96 bits per heavy atom. The van der Waals surface area contributed by atoms with E-state index in [2.05, 4.69) is 15.6 Å². The van der Waals surface area contributed by atoms with Gasteiger partial charge in [-0.15, -0.1) is 0 Å². The van der Waals surface area contributed by atoms with E-state index in [4.69, 9.17) is 16.4 Å². The van der Waals surface area contributed by atoms with Crippen molar-refractivity contribution in [1.29, 1.82) is 0 Å². The highest BCUT2D eigenvalue weighted by Gasteiger charge is 2.30. The molecule has 0 fully saturated rings. The van der Waals surface area contributed by atoms with E-state index in [1.807, 2.05) is 24.6 Å². The van der Waals surface area contributed by atoms with Crippen LogP contribution in [0.4, 0.5) is 4.39 Å². The van der Waals surface area contributed by atoms with E-state index in [1.165, 1.54) is 12.1 Å². The minimum Gasteiger partial charge on any atom is -0.382 e. The monoisotopic (exact) mass is 378 g/mol. The van der Waals surface area contributed by atoms with Crippen molar-refractivity contribution < 1.29 is 14.0 Å². The van der Waals surface area contributed by atoms with Crippen LogP contribution in [0.25, 0.3) is 0 Å². The quantitative estimate of drug-likeness (QED) is 0.786. The molecule has 0 saturated carbocycles. The number of nitrogens with zero attached hydrogens (tertiary/aromatic N) is 3. The molecule has 0 aliphatic carbocycles. The number of nitrogens with one attached hydrogen (secondary N) is 1. The van der Waals surface area contributed by atoms with Gasteiger partial charge in [-0.25, -0.2) is 4.39 Å². The van der Waals surface area contributed by atoms with Crippen molar-refractivity contribution in [3.8, 4) is 0 Å². The molecule has 2 aromatic rings. The molecule has 0 saturated heterocycles. The van der Waals surface area contributed by atoms with Gasteiger partial charge >= 0.3 is 0 Å². The Morgan fingerprint density at radius 1 is 1.46 bits per heavy atom. The Kier molecular flexibility index (Phi) is 5.56. The van der Waals surface area contributed by atoms with Crippen LogP contribution in [0.5, 0.6) is 0 Å². The lowest BCUT2D eigenvalue weighted by Gasteiger charge is -2.10. The fourth-order valence-electron chi connectivity index (χ4n) is 2.89. The van der Waals surface area contributed by atoms with Crippen molar-refractivity contribution in [3.05, 3.63) is 52.1 Å². The zero-order chi connectivity index (χ0) is 18.7. The van der Waals surface area contributed by atoms with Crippen LogP contribution >= 0.6 is 11.6 Å². The van der Waals surface area contributed by atoms with Crippen LogP contribution in [0.3, 0.4) is 0 Å². The Bertz CT molecular complexity index is 829. The standard InChI is InChI=1S/C18H20ClFN4O2/c1-11-9-12(2)24(22-11)8-4-7-21-18(25)16-10-15(23-26-16)17-13(19)5-3-6-14(17)20/h3,5-6,9,16H,4,7-8,10H2,1-2H3,(H,21,25). The summed E-state index contributed by atoms with van der Waals surface area (Å²) in [5.74, 6) is -0.754. The van der Waals surface area contributed by atoms with Crippen LogP contribution < -0.4 is 5.32 Å². The average molecular weight is 379 g/mol. The molecule has 26 heavy (non-hydrogen) atoms. The summed E-state index contributed by atoms with van der Waals surface area (Å²) in [4.78, 5) is 17.4. The summed E-state index contributed by atoms with van der Waals surface area (Å²) in [6.45, 7) is 5.16. The van der Waals surface area contributed by atoms with Gasteiger partial charge in [0.05, 0.1) is 22.0 Å². The first-order chi connectivity index (χ1) is 12.5. The van der Waals surface area contributed by atoms with Crippen molar-refractivity contribution >= 4 is 23.2 Å². The number of carbonyl (C=O) groups is 1. The lowest BCUT2D eigenvalue weighted by molar-refractivity contribution is -0.131. The first-order valence-corrected chi connectivity index (χ1v) is 8.79. The van der Waals surface area contributed by atoms with Crippen molar-refractivity contribution in [2.45, 2.75) is 39.3 Å². The lowest BCUT2D eigenvalue weighted by atomic mass is 10.0. The van der Waals surface area contributed by atoms with Crippen LogP contribution in [-0.4, -0.2) is 34.0 Å². The second kappa shape index (κ2) is 7.86. The maximum atomic E-state index is 13.9. The van der Waals surface area contributed by atoms with Crippen LogP contribution in [0.15, 0.2) is 29.4 Å². The Labute approximate surface area is 156 Å². The van der Waals surface area contributed by atoms with Gasteiger partial charge in [0.1, 0.15) is 5.82 Å². The molecule has 0 spiro atoms. The number of aromatic nitrogens is 2. The van der Waals surface area contributed by atoms with E-state index in [9.17, 15) is 9.18 Å². The normalized spacial score (nSPS) is 16.3. The summed E-state index contributed by atoms with van der Waals surface area (Å²) in [5, 5.41) is 11.3. The van der Waals surface area contributed by atoms with Crippen molar-refractivity contribution in [1.82, 2.24) is 15.1 Å². The van der Waals surface area contributed by atoms with Gasteiger partial charge < -0.3 is 10.2 Å². The van der Waals surface area contributed by atoms with E-state index in [0.717, 1.165) is 24.4 Å². The molecule has 1 atom stereocenters. The molecule has 2 heterocycles. The first-order valence-electron chi connectivity index (χ1n) is 8.41. The highest BCUT2D eigenvalue weighted by molar-refractivity contribution is 6.34. The van der Waals surface area contributed by atoms with Gasteiger partial charge in [-0.05, 0) is 38.5 Å². The maximum Gasteiger partial charge on any atom is 0.264 e. The topological polar surface area (TPSA) is 68.5 Å². The lowest BCUT2D eigenvalue weighted by Crippen LogP contribution is -2.35. The summed E-state index contributed by atoms with van der Waals surface area (Å²) in [6.07, 6.45) is 0.159. The summed E-state index contributed by atoms with van der Waals surface area (Å²) in [5.41, 5.74) is 2.60. The molecule has 1 aromatic heterocycles. The molecule has 1 unspecified atom stereocenters. The third-order valence-electron chi connectivity index (χ3n) is 4.16. The van der Waals surface area contributed by atoms with Crippen molar-refractivity contribution in [2.24, 2.45) is 5.16 Å². The molecule has 1 aliphatic heterocycles. The predicted octanol–water partition coefficient (Wildman–Crippen LogP) is 2.99. The number of oxime groups is 1. The Hall–Kier alpha value is -2.41. The summed E-state index contributed by atoms with van der Waals surface area (Å²) in [6, 6.07) is 6.41. The molecule has 6 nitrogen and oxygen atoms in total. The molecule has 1 N–H and O–H groups in total. The van der Waals surface area contributed by atoms with E-state index in [-0.39, 0.29) is 22.9 Å². The molecule has 1 aromatic carbocycles. The third-order valence-corrected chi connectivity index (χ3v) is 4.48. The minimum atomic E-state index is -0.769. The van der Waals surface area contributed by atoms with E-state index in [1.54, 1.807) is 6.07 Å². The van der Waals surface area contributed by atoms with Crippen LogP contribution in [0.2, 0.25) is 5.02 Å². The van der Waals surface area contributed by atoms with Crippen LogP contribution in [0, 0.1) is 19.7 Å². The third kappa shape index (κ3) is 4.04. The molecule has 0 radical (unpaired) electrons. The van der Waals surface area contributed by atoms with Gasteiger partial charge in [0, 0.05) is 25.2 Å². The van der Waals surface area contributed by atoms with Crippen molar-refractivity contribution in [3.63, 3.8) is 0 Å². The smallest absolute Gasteiger partial charge is 0.264 e. The molecule has 1 aliphatic rings. The summed E-state index contributed by atoms with van der Waals surface area (Å²) in [7, 11) is 0. The number of rotatable bonds is 6. The highest BCUT2D eigenvalue weighted by atomic mass is 35.5. The second-order valence-corrected chi connectivity index (χ2v) is 6.63. The van der Waals surface area contributed by atoms with Gasteiger partial charge in [0.15, 0.2) is 0 Å². The molecule has 0 bridgehead atoms. The zero-order valence-corrected chi connectivity index (χ0v) is 15.4. The number of amides is 1. The SMILES string of the molecule is Cc1cc(C)n(CCCNC(=O)C2CC(c3c(F)cccc3Cl)=NO2)n1. The maximum absolute atomic E-state index is 13.9. The summed E-state index contributed by atoms with van der Waals surface area (Å²) >= 11 is 6.03. The van der Waals surface area contributed by atoms with Crippen LogP contribution in [-0.2, 0) is 16.2 Å². The van der Waals surface area contributed by atoms with E-state index >= 15 is 0 Å². The fourth-order valence-corrected chi connectivity index (χ4v) is 3.17. The highest BCUT2D eigenvalue weighted by Crippen LogP contribution is 2.25. The molecule has 1 amide bonds. The number of hydrogen-bond donors (Lipinski definition) is 1. The Balaban J connectivity index is 1.47. The second-order valence-electron chi connectivity index (χ2n) is 6.23. The molecule has 138 valence electrons. The van der Waals surface area contributed by atoms with Crippen molar-refractivity contribution in [2.75, 3.05) is 6.54 Å². The predicted molar refractivity (Wildman–Crippen MR) is 96.8 cm³/mol. The molecule has 8 heteroatoms. The number of hydrogen-bond acceptors (Lipinski definition) is 4. The van der Waals surface area contributed by atoms with Gasteiger partial charge in [-0.2, -0.15) is 5.10 Å². The minimum absolute atomic E-state index is 0.184. The summed E-state index contributed by atoms with van der Waals surface area (Å²) < 4.78 is 15.9. The van der Waals surface area contributed by atoms with Gasteiger partial charge in [0.2, 0.25) is 6.10 Å². The first kappa shape index (κ1) is 18.4. The number of benzene rings is 1. The Morgan fingerprint density at radius 2 is 2.27 bits per heavy atom. The molecular weight excluding hydrogens is 359 g/mol. The van der Waals surface area contributed by atoms with E-state index < -0.39 is 11.9 Å². The molecular formula is C18H20ClFN4O2. The number of halogens is 2. The number of aryl methyl sites for hydroxylation is 3. The number of carbonyl (C=O) groups excluding carboxylic acids is 1. The van der Waals surface area contributed by atoms with Gasteiger partial charge in [0.25, 0.3) is 5.91 Å². The largest absolute Gasteiger partial charge is 0.382 e. The zero-order valence-electron chi connectivity index (χ0n) is 14.6. The van der Waals surface area contributed by atoms with E-state index in [0.29, 0.717) is 12.3 Å². The van der Waals surface area contributed by atoms with Gasteiger partial charge in [-0.3, -0.25) is 9.48 Å². The fraction of sp³-hybridized carbons (Fsp3) is 0.389. The van der Waals surface area contributed by atoms with Crippen LogP contribution in [0.1, 0.15) is 29.8 Å².